The summed E-state index contributed by atoms with van der Waals surface area (Å²) in [5, 5.41) is 0. The van der Waals surface area contributed by atoms with Gasteiger partial charge in [-0.1, -0.05) is 24.3 Å². The molecule has 0 radical (unpaired) electrons. The summed E-state index contributed by atoms with van der Waals surface area (Å²) in [6.07, 6.45) is 9.02. The van der Waals surface area contributed by atoms with Gasteiger partial charge in [0, 0.05) is 5.56 Å². The van der Waals surface area contributed by atoms with Crippen molar-refractivity contribution in [3.8, 4) is 0 Å². The molecule has 1 aliphatic rings. The lowest BCUT2D eigenvalue weighted by Gasteiger charge is -2.22. The summed E-state index contributed by atoms with van der Waals surface area (Å²) in [5.74, 6) is -0.761. The Morgan fingerprint density at radius 3 is 2.74 bits per heavy atom. The van der Waals surface area contributed by atoms with Gasteiger partial charge in [0.2, 0.25) is 0 Å². The molecular formula is C17H20F2. The molecule has 2 heteroatoms. The van der Waals surface area contributed by atoms with Crippen LogP contribution in [0.3, 0.4) is 0 Å². The zero-order valence-corrected chi connectivity index (χ0v) is 11.4. The zero-order chi connectivity index (χ0) is 13.8. The van der Waals surface area contributed by atoms with E-state index < -0.39 is 11.6 Å². The molecule has 1 aromatic carbocycles. The number of aryl methyl sites for hydroxylation is 1. The van der Waals surface area contributed by atoms with E-state index in [2.05, 4.69) is 12.7 Å². The first-order chi connectivity index (χ1) is 9.13. The van der Waals surface area contributed by atoms with E-state index in [9.17, 15) is 8.78 Å². The maximum Gasteiger partial charge on any atom is 0.166 e. The first-order valence-corrected chi connectivity index (χ1v) is 6.88. The van der Waals surface area contributed by atoms with E-state index in [1.807, 2.05) is 6.08 Å². The third kappa shape index (κ3) is 3.12. The predicted molar refractivity (Wildman–Crippen MR) is 75.8 cm³/mol. The summed E-state index contributed by atoms with van der Waals surface area (Å²) >= 11 is 0. The normalized spacial score (nSPS) is 19.1. The van der Waals surface area contributed by atoms with Crippen LogP contribution in [0.25, 0.3) is 5.57 Å². The van der Waals surface area contributed by atoms with Crippen LogP contribution in [0.4, 0.5) is 8.78 Å². The average molecular weight is 262 g/mol. The van der Waals surface area contributed by atoms with Gasteiger partial charge in [0.15, 0.2) is 11.6 Å². The van der Waals surface area contributed by atoms with Crippen LogP contribution in [-0.2, 0) is 0 Å². The molecule has 1 aromatic rings. The molecule has 0 saturated heterocycles. The monoisotopic (exact) mass is 262 g/mol. The fourth-order valence-electron chi connectivity index (χ4n) is 2.64. The van der Waals surface area contributed by atoms with Gasteiger partial charge in [0.05, 0.1) is 0 Å². The molecule has 0 bridgehead atoms. The lowest BCUT2D eigenvalue weighted by Crippen LogP contribution is -2.06. The van der Waals surface area contributed by atoms with E-state index in [0.29, 0.717) is 17.0 Å². The van der Waals surface area contributed by atoms with Gasteiger partial charge in [-0.2, -0.15) is 0 Å². The SMILES string of the molecule is C=CCCC1CC=C(c2ccc(C)c(F)c2F)CC1. The zero-order valence-electron chi connectivity index (χ0n) is 11.4. The fraction of sp³-hybridized carbons (Fsp3) is 0.412. The highest BCUT2D eigenvalue weighted by atomic mass is 19.2. The standard InChI is InChI=1S/C17H20F2/c1-3-4-5-13-7-9-14(10-8-13)15-11-6-12(2)16(18)17(15)19/h3,6,9,11,13H,1,4-5,7-8,10H2,2H3. The minimum atomic E-state index is -0.716. The average Bonchev–Trinajstić information content (AvgIpc) is 2.44. The molecule has 0 aromatic heterocycles. The molecule has 0 saturated carbocycles. The number of hydrogen-bond acceptors (Lipinski definition) is 0. The summed E-state index contributed by atoms with van der Waals surface area (Å²) in [7, 11) is 0. The second kappa shape index (κ2) is 6.14. The molecule has 102 valence electrons. The van der Waals surface area contributed by atoms with Gasteiger partial charge < -0.3 is 0 Å². The van der Waals surface area contributed by atoms with Crippen LogP contribution >= 0.6 is 0 Å². The first kappa shape index (κ1) is 14.0. The van der Waals surface area contributed by atoms with Crippen LogP contribution in [0.15, 0.2) is 30.9 Å². The third-order valence-electron chi connectivity index (χ3n) is 3.92. The van der Waals surface area contributed by atoms with Gasteiger partial charge in [-0.15, -0.1) is 6.58 Å². The van der Waals surface area contributed by atoms with Crippen molar-refractivity contribution in [3.63, 3.8) is 0 Å². The van der Waals surface area contributed by atoms with Crippen molar-refractivity contribution in [3.05, 3.63) is 53.6 Å². The van der Waals surface area contributed by atoms with Gasteiger partial charge in [0.25, 0.3) is 0 Å². The molecule has 2 rings (SSSR count). The maximum atomic E-state index is 13.9. The first-order valence-electron chi connectivity index (χ1n) is 6.88. The van der Waals surface area contributed by atoms with Gasteiger partial charge in [-0.05, 0) is 56.1 Å². The number of allylic oxidation sites excluding steroid dienone is 3. The Kier molecular flexibility index (Phi) is 4.52. The number of hydrogen-bond donors (Lipinski definition) is 0. The van der Waals surface area contributed by atoms with Crippen LogP contribution < -0.4 is 0 Å². The Morgan fingerprint density at radius 2 is 2.11 bits per heavy atom. The van der Waals surface area contributed by atoms with Crippen molar-refractivity contribution >= 4 is 5.57 Å². The molecule has 1 aliphatic carbocycles. The van der Waals surface area contributed by atoms with Crippen molar-refractivity contribution < 1.29 is 8.78 Å². The number of halogens is 2. The molecule has 19 heavy (non-hydrogen) atoms. The second-order valence-electron chi connectivity index (χ2n) is 5.29. The van der Waals surface area contributed by atoms with E-state index in [1.165, 1.54) is 0 Å². The molecule has 1 unspecified atom stereocenters. The minimum Gasteiger partial charge on any atom is -0.203 e. The molecule has 1 atom stereocenters. The van der Waals surface area contributed by atoms with E-state index >= 15 is 0 Å². The Balaban J connectivity index is 2.14. The molecule has 0 aliphatic heterocycles. The highest BCUT2D eigenvalue weighted by Crippen LogP contribution is 2.34. The fourth-order valence-corrected chi connectivity index (χ4v) is 2.64. The molecule has 0 fully saturated rings. The Bertz CT molecular complexity index is 500. The minimum absolute atomic E-state index is 0.363. The van der Waals surface area contributed by atoms with Crippen LogP contribution in [0.1, 0.15) is 43.2 Å². The summed E-state index contributed by atoms with van der Waals surface area (Å²) in [4.78, 5) is 0. The Morgan fingerprint density at radius 1 is 1.32 bits per heavy atom. The van der Waals surface area contributed by atoms with Gasteiger partial charge >= 0.3 is 0 Å². The highest BCUT2D eigenvalue weighted by molar-refractivity contribution is 5.67. The second-order valence-corrected chi connectivity index (χ2v) is 5.29. The molecule has 0 spiro atoms. The maximum absolute atomic E-state index is 13.9. The quantitative estimate of drug-likeness (QED) is 0.635. The lowest BCUT2D eigenvalue weighted by molar-refractivity contribution is 0.452. The third-order valence-corrected chi connectivity index (χ3v) is 3.92. The summed E-state index contributed by atoms with van der Waals surface area (Å²) in [6, 6.07) is 3.35. The van der Waals surface area contributed by atoms with E-state index in [0.717, 1.165) is 37.7 Å². The van der Waals surface area contributed by atoms with E-state index in [-0.39, 0.29) is 0 Å². The molecule has 0 heterocycles. The van der Waals surface area contributed by atoms with E-state index in [4.69, 9.17) is 0 Å². The van der Waals surface area contributed by atoms with Crippen LogP contribution in [0.2, 0.25) is 0 Å². The van der Waals surface area contributed by atoms with Crippen molar-refractivity contribution in [2.75, 3.05) is 0 Å². The summed E-state index contributed by atoms with van der Waals surface area (Å²) < 4.78 is 27.5. The topological polar surface area (TPSA) is 0 Å². The summed E-state index contributed by atoms with van der Waals surface area (Å²) in [5.41, 5.74) is 1.75. The molecule has 0 nitrogen and oxygen atoms in total. The van der Waals surface area contributed by atoms with Crippen molar-refractivity contribution in [1.29, 1.82) is 0 Å². The van der Waals surface area contributed by atoms with Gasteiger partial charge in [0.1, 0.15) is 0 Å². The predicted octanol–water partition coefficient (Wildman–Crippen LogP) is 5.42. The largest absolute Gasteiger partial charge is 0.203 e. The molecule has 0 amide bonds. The van der Waals surface area contributed by atoms with Crippen molar-refractivity contribution in [2.24, 2.45) is 5.92 Å². The summed E-state index contributed by atoms with van der Waals surface area (Å²) in [6.45, 7) is 5.32. The Labute approximate surface area is 113 Å². The van der Waals surface area contributed by atoms with Crippen molar-refractivity contribution in [2.45, 2.75) is 39.0 Å². The van der Waals surface area contributed by atoms with Gasteiger partial charge in [-0.25, -0.2) is 8.78 Å². The smallest absolute Gasteiger partial charge is 0.166 e. The van der Waals surface area contributed by atoms with Gasteiger partial charge in [-0.3, -0.25) is 0 Å². The van der Waals surface area contributed by atoms with Crippen LogP contribution in [-0.4, -0.2) is 0 Å². The molecule has 0 N–H and O–H groups in total. The van der Waals surface area contributed by atoms with Crippen LogP contribution in [0.5, 0.6) is 0 Å². The number of rotatable bonds is 4. The lowest BCUT2D eigenvalue weighted by atomic mass is 9.84. The molecular weight excluding hydrogens is 242 g/mol. The van der Waals surface area contributed by atoms with E-state index in [1.54, 1.807) is 19.1 Å². The Hall–Kier alpha value is -1.44. The van der Waals surface area contributed by atoms with Crippen LogP contribution in [0, 0.1) is 24.5 Å². The number of benzene rings is 1. The van der Waals surface area contributed by atoms with Crippen molar-refractivity contribution in [1.82, 2.24) is 0 Å². The highest BCUT2D eigenvalue weighted by Gasteiger charge is 2.19.